The zero-order valence-corrected chi connectivity index (χ0v) is 17.5. The van der Waals surface area contributed by atoms with Gasteiger partial charge >= 0.3 is 0 Å². The van der Waals surface area contributed by atoms with Crippen LogP contribution in [0, 0.1) is 11.3 Å². The van der Waals surface area contributed by atoms with Crippen LogP contribution in [-0.4, -0.2) is 30.2 Å². The highest BCUT2D eigenvalue weighted by molar-refractivity contribution is 8.18. The standard InChI is InChI=1S/C23H20N2O4S/c1-4-7-16-10-15(12-20-22(26)25(2)23(27)30-20)11-19(28-3)21(16)29-14-18-9-6-5-8-17(18)13-24/h4-6,8-12H,1,7,14H2,2-3H3/b20-12-. The van der Waals surface area contributed by atoms with Crippen LogP contribution in [-0.2, 0) is 17.8 Å². The molecular formula is C23H20N2O4S. The summed E-state index contributed by atoms with van der Waals surface area (Å²) in [5.41, 5.74) is 2.86. The van der Waals surface area contributed by atoms with Crippen LogP contribution in [0.3, 0.4) is 0 Å². The van der Waals surface area contributed by atoms with Gasteiger partial charge in [0.2, 0.25) is 0 Å². The third kappa shape index (κ3) is 4.39. The van der Waals surface area contributed by atoms with Crippen LogP contribution in [0.1, 0.15) is 22.3 Å². The lowest BCUT2D eigenvalue weighted by Crippen LogP contribution is -2.22. The Balaban J connectivity index is 1.96. The molecule has 0 N–H and O–H groups in total. The molecule has 1 heterocycles. The van der Waals surface area contributed by atoms with E-state index in [-0.39, 0.29) is 17.8 Å². The fraction of sp³-hybridized carbons (Fsp3) is 0.174. The number of allylic oxidation sites excluding steroid dienone is 1. The van der Waals surface area contributed by atoms with Gasteiger partial charge in [0, 0.05) is 18.2 Å². The minimum absolute atomic E-state index is 0.207. The molecule has 152 valence electrons. The summed E-state index contributed by atoms with van der Waals surface area (Å²) in [6.45, 7) is 4.01. The summed E-state index contributed by atoms with van der Waals surface area (Å²) < 4.78 is 11.6. The van der Waals surface area contributed by atoms with Crippen LogP contribution in [0.2, 0.25) is 0 Å². The molecule has 2 aromatic carbocycles. The van der Waals surface area contributed by atoms with Crippen molar-refractivity contribution < 1.29 is 19.1 Å². The molecule has 1 aliphatic rings. The molecule has 2 aromatic rings. The molecule has 0 aliphatic carbocycles. The molecule has 0 spiro atoms. The SMILES string of the molecule is C=CCc1cc(/C=C2\SC(=O)N(C)C2=O)cc(OC)c1OCc1ccccc1C#N. The topological polar surface area (TPSA) is 79.6 Å². The fourth-order valence-electron chi connectivity index (χ4n) is 2.99. The first-order valence-electron chi connectivity index (χ1n) is 9.12. The summed E-state index contributed by atoms with van der Waals surface area (Å²) in [5.74, 6) is 0.708. The highest BCUT2D eigenvalue weighted by atomic mass is 32.2. The Labute approximate surface area is 179 Å². The van der Waals surface area contributed by atoms with Crippen molar-refractivity contribution in [3.63, 3.8) is 0 Å². The normalized spacial score (nSPS) is 14.7. The van der Waals surface area contributed by atoms with Crippen LogP contribution in [0.4, 0.5) is 4.79 Å². The van der Waals surface area contributed by atoms with Gasteiger partial charge in [0.15, 0.2) is 11.5 Å². The lowest BCUT2D eigenvalue weighted by Gasteiger charge is -2.16. The van der Waals surface area contributed by atoms with E-state index in [1.165, 1.54) is 14.2 Å². The molecule has 2 amide bonds. The highest BCUT2D eigenvalue weighted by Crippen LogP contribution is 2.37. The van der Waals surface area contributed by atoms with Gasteiger partial charge in [-0.15, -0.1) is 6.58 Å². The van der Waals surface area contributed by atoms with Crippen LogP contribution < -0.4 is 9.47 Å². The number of amides is 2. The Kier molecular flexibility index (Phi) is 6.60. The number of ether oxygens (including phenoxy) is 2. The average molecular weight is 420 g/mol. The largest absolute Gasteiger partial charge is 0.493 e. The van der Waals surface area contributed by atoms with Crippen LogP contribution >= 0.6 is 11.8 Å². The quantitative estimate of drug-likeness (QED) is 0.483. The van der Waals surface area contributed by atoms with E-state index < -0.39 is 0 Å². The van der Waals surface area contributed by atoms with Gasteiger partial charge in [-0.05, 0) is 48.0 Å². The summed E-state index contributed by atoms with van der Waals surface area (Å²) in [7, 11) is 2.99. The third-order valence-electron chi connectivity index (χ3n) is 4.53. The molecule has 0 saturated carbocycles. The van der Waals surface area contributed by atoms with Crippen molar-refractivity contribution in [1.29, 1.82) is 5.26 Å². The van der Waals surface area contributed by atoms with E-state index in [0.717, 1.165) is 27.8 Å². The molecule has 6 nitrogen and oxygen atoms in total. The number of hydrogen-bond donors (Lipinski definition) is 0. The predicted molar refractivity (Wildman–Crippen MR) is 116 cm³/mol. The minimum Gasteiger partial charge on any atom is -0.493 e. The highest BCUT2D eigenvalue weighted by Gasteiger charge is 2.31. The number of carbonyl (C=O) groups is 2. The van der Waals surface area contributed by atoms with Crippen LogP contribution in [0.5, 0.6) is 11.5 Å². The molecule has 1 fully saturated rings. The molecular weight excluding hydrogens is 400 g/mol. The molecule has 7 heteroatoms. The lowest BCUT2D eigenvalue weighted by atomic mass is 10.0. The molecule has 3 rings (SSSR count). The van der Waals surface area contributed by atoms with Crippen LogP contribution in [0.15, 0.2) is 54.0 Å². The summed E-state index contributed by atoms with van der Waals surface area (Å²) in [6, 6.07) is 13.0. The Morgan fingerprint density at radius 3 is 2.63 bits per heavy atom. The Bertz CT molecular complexity index is 1090. The number of nitrogens with zero attached hydrogens (tertiary/aromatic N) is 2. The van der Waals surface area contributed by atoms with Crippen molar-refractivity contribution in [2.75, 3.05) is 14.2 Å². The van der Waals surface area contributed by atoms with Gasteiger partial charge in [-0.2, -0.15) is 5.26 Å². The number of rotatable bonds is 7. The molecule has 0 radical (unpaired) electrons. The number of methoxy groups -OCH3 is 1. The Hall–Kier alpha value is -3.50. The lowest BCUT2D eigenvalue weighted by molar-refractivity contribution is -0.121. The molecule has 0 bridgehead atoms. The number of hydrogen-bond acceptors (Lipinski definition) is 6. The van der Waals surface area contributed by atoms with Crippen LogP contribution in [0.25, 0.3) is 6.08 Å². The van der Waals surface area contributed by atoms with Crippen molar-refractivity contribution >= 4 is 29.0 Å². The van der Waals surface area contributed by atoms with Crippen molar-refractivity contribution in [2.45, 2.75) is 13.0 Å². The number of likely N-dealkylation sites (N-methyl/N-ethyl adjacent to an activating group) is 1. The molecule has 0 aromatic heterocycles. The second kappa shape index (κ2) is 9.33. The number of nitriles is 1. The van der Waals surface area contributed by atoms with E-state index in [1.807, 2.05) is 18.2 Å². The van der Waals surface area contributed by atoms with E-state index in [0.29, 0.717) is 34.0 Å². The van der Waals surface area contributed by atoms with Crippen molar-refractivity contribution in [1.82, 2.24) is 4.90 Å². The predicted octanol–water partition coefficient (Wildman–Crippen LogP) is 4.54. The second-order valence-corrected chi connectivity index (χ2v) is 7.50. The van der Waals surface area contributed by atoms with Gasteiger partial charge in [-0.3, -0.25) is 14.5 Å². The fourth-order valence-corrected chi connectivity index (χ4v) is 3.82. The molecule has 0 unspecified atom stereocenters. The number of imide groups is 1. The molecule has 0 atom stereocenters. The van der Waals surface area contributed by atoms with Crippen molar-refractivity contribution in [3.05, 3.63) is 76.2 Å². The smallest absolute Gasteiger partial charge is 0.293 e. The molecule has 1 saturated heterocycles. The van der Waals surface area contributed by atoms with Crippen molar-refractivity contribution in [3.8, 4) is 17.6 Å². The zero-order valence-electron chi connectivity index (χ0n) is 16.7. The maximum Gasteiger partial charge on any atom is 0.293 e. The van der Waals surface area contributed by atoms with E-state index >= 15 is 0 Å². The summed E-state index contributed by atoms with van der Waals surface area (Å²) in [4.78, 5) is 25.4. The van der Waals surface area contributed by atoms with Gasteiger partial charge in [0.25, 0.3) is 11.1 Å². The molecule has 1 aliphatic heterocycles. The van der Waals surface area contributed by atoms with E-state index in [4.69, 9.17) is 9.47 Å². The average Bonchev–Trinajstić information content (AvgIpc) is 2.99. The van der Waals surface area contributed by atoms with E-state index in [1.54, 1.807) is 30.4 Å². The van der Waals surface area contributed by atoms with Crippen molar-refractivity contribution in [2.24, 2.45) is 0 Å². The van der Waals surface area contributed by atoms with Gasteiger partial charge in [0.1, 0.15) is 6.61 Å². The van der Waals surface area contributed by atoms with E-state index in [2.05, 4.69) is 12.6 Å². The maximum absolute atomic E-state index is 12.2. The third-order valence-corrected chi connectivity index (χ3v) is 5.49. The first-order valence-corrected chi connectivity index (χ1v) is 9.94. The Morgan fingerprint density at radius 2 is 2.00 bits per heavy atom. The Morgan fingerprint density at radius 1 is 1.23 bits per heavy atom. The first kappa shape index (κ1) is 21.2. The first-order chi connectivity index (χ1) is 14.5. The zero-order chi connectivity index (χ0) is 21.7. The minimum atomic E-state index is -0.331. The van der Waals surface area contributed by atoms with E-state index in [9.17, 15) is 14.9 Å². The maximum atomic E-state index is 12.2. The summed E-state index contributed by atoms with van der Waals surface area (Å²) in [6.07, 6.45) is 3.93. The number of benzene rings is 2. The second-order valence-electron chi connectivity index (χ2n) is 6.50. The monoisotopic (exact) mass is 420 g/mol. The van der Waals surface area contributed by atoms with Gasteiger partial charge in [0.05, 0.1) is 23.6 Å². The summed E-state index contributed by atoms with van der Waals surface area (Å²) >= 11 is 0.901. The number of carbonyl (C=O) groups excluding carboxylic acids is 2. The van der Waals surface area contributed by atoms with Gasteiger partial charge in [-0.1, -0.05) is 24.3 Å². The number of thioether (sulfide) groups is 1. The summed E-state index contributed by atoms with van der Waals surface area (Å²) in [5, 5.41) is 8.97. The van der Waals surface area contributed by atoms with Gasteiger partial charge < -0.3 is 9.47 Å². The molecule has 30 heavy (non-hydrogen) atoms. The van der Waals surface area contributed by atoms with Gasteiger partial charge in [-0.25, -0.2) is 0 Å².